The van der Waals surface area contributed by atoms with E-state index in [-0.39, 0.29) is 18.1 Å². The molecule has 0 spiro atoms. The van der Waals surface area contributed by atoms with Gasteiger partial charge in [-0.1, -0.05) is 13.0 Å². The average molecular weight is 317 g/mol. The van der Waals surface area contributed by atoms with Gasteiger partial charge in [-0.05, 0) is 30.5 Å². The lowest BCUT2D eigenvalue weighted by Gasteiger charge is -2.31. The number of hydrogen-bond acceptors (Lipinski definition) is 4. The molecule has 124 valence electrons. The Bertz CT molecular complexity index is 679. The van der Waals surface area contributed by atoms with Crippen molar-refractivity contribution in [2.75, 3.05) is 20.3 Å². The van der Waals surface area contributed by atoms with Crippen LogP contribution in [0.5, 0.6) is 0 Å². The second kappa shape index (κ2) is 7.15. The normalized spacial score (nSPS) is 21.5. The maximum Gasteiger partial charge on any atom is 0.224 e. The van der Waals surface area contributed by atoms with Gasteiger partial charge in [-0.25, -0.2) is 0 Å². The van der Waals surface area contributed by atoms with Gasteiger partial charge in [-0.15, -0.1) is 0 Å². The topological polar surface area (TPSA) is 60.7 Å². The third kappa shape index (κ3) is 3.57. The van der Waals surface area contributed by atoms with Gasteiger partial charge in [0.25, 0.3) is 0 Å². The number of carbonyl (C=O) groups excluding carboxylic acids is 1. The highest BCUT2D eigenvalue weighted by molar-refractivity contribution is 5.88. The van der Waals surface area contributed by atoms with E-state index in [2.05, 4.69) is 24.4 Å². The maximum absolute atomic E-state index is 12.4. The molecule has 1 fully saturated rings. The monoisotopic (exact) mass is 317 g/mol. The van der Waals surface area contributed by atoms with Crippen LogP contribution in [0, 0.1) is 0 Å². The van der Waals surface area contributed by atoms with E-state index in [1.807, 2.05) is 6.07 Å². The third-order valence-corrected chi connectivity index (χ3v) is 4.43. The Labute approximate surface area is 135 Å². The number of nitrogens with one attached hydrogen (secondary N) is 1. The van der Waals surface area contributed by atoms with Gasteiger partial charge in [0.1, 0.15) is 11.7 Å². The first-order chi connectivity index (χ1) is 11.2. The van der Waals surface area contributed by atoms with Crippen molar-refractivity contribution in [2.24, 2.45) is 0 Å². The van der Waals surface area contributed by atoms with Crippen LogP contribution in [0.1, 0.15) is 24.5 Å². The number of amides is 1. The number of aryl methyl sites for hydroxylation is 1. The molecular formula is C18H23NO4. The molecule has 0 radical (unpaired) electrons. The number of furan rings is 1. The molecule has 2 heterocycles. The highest BCUT2D eigenvalue weighted by Gasteiger charge is 2.27. The van der Waals surface area contributed by atoms with Crippen LogP contribution < -0.4 is 5.32 Å². The number of rotatable bonds is 5. The Hall–Kier alpha value is -1.85. The van der Waals surface area contributed by atoms with Crippen molar-refractivity contribution in [3.05, 3.63) is 35.6 Å². The molecule has 2 atom stereocenters. The van der Waals surface area contributed by atoms with E-state index >= 15 is 0 Å². The van der Waals surface area contributed by atoms with E-state index in [0.717, 1.165) is 29.4 Å². The molecule has 1 aromatic carbocycles. The number of hydrogen-bond donors (Lipinski definition) is 1. The highest BCUT2D eigenvalue weighted by Crippen LogP contribution is 2.23. The predicted octanol–water partition coefficient (Wildman–Crippen LogP) is 2.46. The van der Waals surface area contributed by atoms with Crippen molar-refractivity contribution < 1.29 is 18.7 Å². The minimum absolute atomic E-state index is 0.00520. The summed E-state index contributed by atoms with van der Waals surface area (Å²) in [6.07, 6.45) is 3.65. The second-order valence-corrected chi connectivity index (χ2v) is 5.93. The average Bonchev–Trinajstić information content (AvgIpc) is 2.97. The molecule has 23 heavy (non-hydrogen) atoms. The zero-order valence-corrected chi connectivity index (χ0v) is 13.6. The van der Waals surface area contributed by atoms with E-state index in [4.69, 9.17) is 13.9 Å². The van der Waals surface area contributed by atoms with Crippen LogP contribution in [0.15, 0.2) is 28.9 Å². The van der Waals surface area contributed by atoms with Gasteiger partial charge in [0.2, 0.25) is 5.91 Å². The molecule has 1 amide bonds. The van der Waals surface area contributed by atoms with Crippen LogP contribution in [0.2, 0.25) is 0 Å². The maximum atomic E-state index is 12.4. The van der Waals surface area contributed by atoms with Gasteiger partial charge < -0.3 is 19.2 Å². The number of benzene rings is 1. The highest BCUT2D eigenvalue weighted by atomic mass is 16.5. The third-order valence-electron chi connectivity index (χ3n) is 4.43. The fourth-order valence-electron chi connectivity index (χ4n) is 3.03. The summed E-state index contributed by atoms with van der Waals surface area (Å²) in [4.78, 5) is 12.4. The Morgan fingerprint density at radius 2 is 2.30 bits per heavy atom. The van der Waals surface area contributed by atoms with Crippen molar-refractivity contribution in [3.8, 4) is 0 Å². The van der Waals surface area contributed by atoms with E-state index < -0.39 is 0 Å². The zero-order valence-electron chi connectivity index (χ0n) is 13.6. The number of ether oxygens (including phenoxy) is 2. The van der Waals surface area contributed by atoms with Gasteiger partial charge in [0.05, 0.1) is 25.3 Å². The Morgan fingerprint density at radius 3 is 3.09 bits per heavy atom. The summed E-state index contributed by atoms with van der Waals surface area (Å²) in [5.74, 6) is -0.0106. The number of methoxy groups -OCH3 is 1. The van der Waals surface area contributed by atoms with E-state index in [1.165, 1.54) is 5.56 Å². The molecule has 0 aliphatic carbocycles. The first-order valence-corrected chi connectivity index (χ1v) is 8.10. The molecular weight excluding hydrogens is 294 g/mol. The Balaban J connectivity index is 1.70. The summed E-state index contributed by atoms with van der Waals surface area (Å²) >= 11 is 0. The van der Waals surface area contributed by atoms with Crippen LogP contribution in [0.25, 0.3) is 11.0 Å². The largest absolute Gasteiger partial charge is 0.464 e. The molecule has 1 aliphatic rings. The molecule has 5 nitrogen and oxygen atoms in total. The molecule has 1 N–H and O–H groups in total. The molecule has 3 rings (SSSR count). The van der Waals surface area contributed by atoms with Gasteiger partial charge in [0.15, 0.2) is 0 Å². The molecule has 1 aromatic heterocycles. The summed E-state index contributed by atoms with van der Waals surface area (Å²) < 4.78 is 16.3. The van der Waals surface area contributed by atoms with Crippen molar-refractivity contribution in [3.63, 3.8) is 0 Å². The van der Waals surface area contributed by atoms with Crippen molar-refractivity contribution >= 4 is 16.9 Å². The molecule has 0 saturated carbocycles. The van der Waals surface area contributed by atoms with Gasteiger partial charge in [0, 0.05) is 24.7 Å². The standard InChI is InChI=1S/C18H23NO4/c1-3-12-4-5-16-14(8-12)13(10-23-16)9-18(20)19-15-6-7-22-11-17(15)21-2/h4-5,8,10,15,17H,3,6-7,9,11H2,1-2H3,(H,19,20)/t15-,17-/m1/s1. The molecule has 0 bridgehead atoms. The van der Waals surface area contributed by atoms with Gasteiger partial charge in [-0.2, -0.15) is 0 Å². The fourth-order valence-corrected chi connectivity index (χ4v) is 3.03. The summed E-state index contributed by atoms with van der Waals surface area (Å²) in [5.41, 5.74) is 2.99. The number of fused-ring (bicyclic) bond motifs is 1. The fraction of sp³-hybridized carbons (Fsp3) is 0.500. The summed E-state index contributed by atoms with van der Waals surface area (Å²) in [7, 11) is 1.65. The summed E-state index contributed by atoms with van der Waals surface area (Å²) in [6.45, 7) is 3.29. The van der Waals surface area contributed by atoms with Crippen molar-refractivity contribution in [2.45, 2.75) is 38.3 Å². The summed E-state index contributed by atoms with van der Waals surface area (Å²) in [5, 5.41) is 4.09. The van der Waals surface area contributed by atoms with Crippen LogP contribution >= 0.6 is 0 Å². The smallest absolute Gasteiger partial charge is 0.224 e. The quantitative estimate of drug-likeness (QED) is 0.920. The minimum atomic E-state index is -0.0829. The molecule has 2 aromatic rings. The second-order valence-electron chi connectivity index (χ2n) is 5.93. The van der Waals surface area contributed by atoms with Crippen LogP contribution in [0.4, 0.5) is 0 Å². The first kappa shape index (κ1) is 16.0. The van der Waals surface area contributed by atoms with E-state index in [0.29, 0.717) is 19.6 Å². The van der Waals surface area contributed by atoms with E-state index in [9.17, 15) is 4.79 Å². The lowest BCUT2D eigenvalue weighted by molar-refractivity contribution is -0.124. The molecule has 1 saturated heterocycles. The van der Waals surface area contributed by atoms with Crippen LogP contribution in [-0.4, -0.2) is 38.4 Å². The van der Waals surface area contributed by atoms with Crippen molar-refractivity contribution in [1.29, 1.82) is 0 Å². The summed E-state index contributed by atoms with van der Waals surface area (Å²) in [6, 6.07) is 6.13. The van der Waals surface area contributed by atoms with Gasteiger partial charge >= 0.3 is 0 Å². The van der Waals surface area contributed by atoms with Crippen LogP contribution in [-0.2, 0) is 27.1 Å². The van der Waals surface area contributed by atoms with Crippen LogP contribution in [0.3, 0.4) is 0 Å². The van der Waals surface area contributed by atoms with Crippen molar-refractivity contribution in [1.82, 2.24) is 5.32 Å². The first-order valence-electron chi connectivity index (χ1n) is 8.10. The predicted molar refractivity (Wildman–Crippen MR) is 87.5 cm³/mol. The lowest BCUT2D eigenvalue weighted by atomic mass is 10.0. The molecule has 0 unspecified atom stereocenters. The Morgan fingerprint density at radius 1 is 1.43 bits per heavy atom. The van der Waals surface area contributed by atoms with E-state index in [1.54, 1.807) is 13.4 Å². The Kier molecular flexibility index (Phi) is 4.98. The zero-order chi connectivity index (χ0) is 16.2. The number of carbonyl (C=O) groups is 1. The molecule has 5 heteroatoms. The van der Waals surface area contributed by atoms with Gasteiger partial charge in [-0.3, -0.25) is 4.79 Å². The minimum Gasteiger partial charge on any atom is -0.464 e. The lowest BCUT2D eigenvalue weighted by Crippen LogP contribution is -2.50. The molecule has 1 aliphatic heterocycles. The SMILES string of the molecule is CCc1ccc2occ(CC(=O)N[C@@H]3CCOC[C@H]3OC)c2c1.